The van der Waals surface area contributed by atoms with Gasteiger partial charge in [-0.3, -0.25) is 0 Å². The molecule has 0 amide bonds. The van der Waals surface area contributed by atoms with Gasteiger partial charge in [0.25, 0.3) is 0 Å². The predicted octanol–water partition coefficient (Wildman–Crippen LogP) is 0.879. The van der Waals surface area contributed by atoms with E-state index in [1.54, 1.807) is 14.2 Å². The molecule has 0 saturated heterocycles. The van der Waals surface area contributed by atoms with Crippen LogP contribution in [-0.4, -0.2) is 37.9 Å². The van der Waals surface area contributed by atoms with Gasteiger partial charge in [-0.2, -0.15) is 0 Å². The molecule has 0 unspecified atom stereocenters. The van der Waals surface area contributed by atoms with Crippen LogP contribution in [0.1, 0.15) is 18.9 Å². The summed E-state index contributed by atoms with van der Waals surface area (Å²) in [6.45, 7) is 2.43. The van der Waals surface area contributed by atoms with E-state index in [0.29, 0.717) is 24.0 Å². The lowest BCUT2D eigenvalue weighted by atomic mass is 10.2. The van der Waals surface area contributed by atoms with Crippen LogP contribution < -0.4 is 20.5 Å². The number of benzene rings is 1. The predicted molar refractivity (Wildman–Crippen MR) is 79.2 cm³/mol. The molecule has 0 aliphatic heterocycles. The Morgan fingerprint density at radius 2 is 2.05 bits per heavy atom. The van der Waals surface area contributed by atoms with Crippen molar-refractivity contribution in [1.29, 1.82) is 0 Å². The zero-order chi connectivity index (χ0) is 15.0. The number of aliphatic hydroxyl groups excluding tert-OH is 1. The zero-order valence-electron chi connectivity index (χ0n) is 12.2. The monoisotopic (exact) mass is 281 g/mol. The molecule has 1 atom stereocenters. The highest BCUT2D eigenvalue weighted by Gasteiger charge is 2.06. The molecule has 0 aliphatic carbocycles. The van der Waals surface area contributed by atoms with Gasteiger partial charge in [-0.05, 0) is 24.1 Å². The smallest absolute Gasteiger partial charge is 0.189 e. The van der Waals surface area contributed by atoms with E-state index in [9.17, 15) is 0 Å². The van der Waals surface area contributed by atoms with Gasteiger partial charge < -0.3 is 25.6 Å². The zero-order valence-corrected chi connectivity index (χ0v) is 12.2. The maximum absolute atomic E-state index is 9.08. The number of aliphatic hydroxyl groups is 1. The first-order chi connectivity index (χ1) is 9.64. The van der Waals surface area contributed by atoms with E-state index < -0.39 is 0 Å². The number of hydrogen-bond acceptors (Lipinski definition) is 4. The molecule has 0 bridgehead atoms. The Bertz CT molecular complexity index is 445. The first-order valence-electron chi connectivity index (χ1n) is 6.52. The van der Waals surface area contributed by atoms with Crippen LogP contribution in [-0.2, 0) is 6.54 Å². The Balaban J connectivity index is 2.69. The van der Waals surface area contributed by atoms with Gasteiger partial charge in [0.15, 0.2) is 17.5 Å². The number of rotatable bonds is 7. The van der Waals surface area contributed by atoms with E-state index in [1.165, 1.54) is 0 Å². The average Bonchev–Trinajstić information content (AvgIpc) is 2.50. The van der Waals surface area contributed by atoms with E-state index in [-0.39, 0.29) is 12.6 Å². The van der Waals surface area contributed by atoms with Gasteiger partial charge in [0.1, 0.15) is 0 Å². The van der Waals surface area contributed by atoms with Crippen molar-refractivity contribution in [3.8, 4) is 11.5 Å². The minimum absolute atomic E-state index is 0.0308. The first-order valence-corrected chi connectivity index (χ1v) is 6.52. The summed E-state index contributed by atoms with van der Waals surface area (Å²) in [5, 5.41) is 12.0. The average molecular weight is 281 g/mol. The SMILES string of the molecule is CC[C@H](CO)NC(N)=NCc1ccc(OC)c(OC)c1. The van der Waals surface area contributed by atoms with Crippen LogP contribution in [0.2, 0.25) is 0 Å². The van der Waals surface area contributed by atoms with E-state index in [2.05, 4.69) is 10.3 Å². The number of nitrogens with two attached hydrogens (primary N) is 1. The van der Waals surface area contributed by atoms with Crippen molar-refractivity contribution < 1.29 is 14.6 Å². The van der Waals surface area contributed by atoms with Gasteiger partial charge in [-0.15, -0.1) is 0 Å². The molecule has 0 heterocycles. The van der Waals surface area contributed by atoms with Crippen LogP contribution in [0.25, 0.3) is 0 Å². The van der Waals surface area contributed by atoms with Crippen molar-refractivity contribution >= 4 is 5.96 Å². The van der Waals surface area contributed by atoms with Gasteiger partial charge in [-0.25, -0.2) is 4.99 Å². The van der Waals surface area contributed by atoms with E-state index >= 15 is 0 Å². The Morgan fingerprint density at radius 1 is 1.35 bits per heavy atom. The lowest BCUT2D eigenvalue weighted by Crippen LogP contribution is -2.41. The largest absolute Gasteiger partial charge is 0.493 e. The van der Waals surface area contributed by atoms with E-state index in [4.69, 9.17) is 20.3 Å². The maximum Gasteiger partial charge on any atom is 0.189 e. The van der Waals surface area contributed by atoms with Gasteiger partial charge in [0.2, 0.25) is 0 Å². The minimum Gasteiger partial charge on any atom is -0.493 e. The maximum atomic E-state index is 9.08. The minimum atomic E-state index is -0.0656. The van der Waals surface area contributed by atoms with Crippen LogP contribution in [0.3, 0.4) is 0 Å². The Hall–Kier alpha value is -1.95. The van der Waals surface area contributed by atoms with Crippen molar-refractivity contribution in [2.45, 2.75) is 25.9 Å². The van der Waals surface area contributed by atoms with Gasteiger partial charge in [-0.1, -0.05) is 13.0 Å². The highest BCUT2D eigenvalue weighted by atomic mass is 16.5. The summed E-state index contributed by atoms with van der Waals surface area (Å²) in [5.41, 5.74) is 6.73. The molecule has 4 N–H and O–H groups in total. The van der Waals surface area contributed by atoms with Crippen LogP contribution in [0.4, 0.5) is 0 Å². The second kappa shape index (κ2) is 8.27. The Labute approximate surface area is 119 Å². The normalized spacial score (nSPS) is 12.9. The van der Waals surface area contributed by atoms with Crippen LogP contribution >= 0.6 is 0 Å². The second-order valence-electron chi connectivity index (χ2n) is 4.32. The highest BCUT2D eigenvalue weighted by molar-refractivity contribution is 5.78. The Kier molecular flexibility index (Phi) is 6.66. The van der Waals surface area contributed by atoms with E-state index in [1.807, 2.05) is 25.1 Å². The number of aliphatic imine (C=N–C) groups is 1. The number of ether oxygens (including phenoxy) is 2. The number of hydrogen-bond donors (Lipinski definition) is 3. The third kappa shape index (κ3) is 4.62. The molecule has 0 aromatic heterocycles. The summed E-state index contributed by atoms with van der Waals surface area (Å²) in [4.78, 5) is 4.24. The number of nitrogens with one attached hydrogen (secondary N) is 1. The lowest BCUT2D eigenvalue weighted by molar-refractivity contribution is 0.252. The van der Waals surface area contributed by atoms with Crippen LogP contribution in [0, 0.1) is 0 Å². The highest BCUT2D eigenvalue weighted by Crippen LogP contribution is 2.27. The molecule has 0 radical (unpaired) electrons. The first kappa shape index (κ1) is 16.1. The summed E-state index contributed by atoms with van der Waals surface area (Å²) in [6.07, 6.45) is 0.781. The Morgan fingerprint density at radius 3 is 2.60 bits per heavy atom. The van der Waals surface area contributed by atoms with Crippen molar-refractivity contribution in [2.75, 3.05) is 20.8 Å². The molecule has 0 fully saturated rings. The van der Waals surface area contributed by atoms with Gasteiger partial charge in [0, 0.05) is 0 Å². The van der Waals surface area contributed by atoms with Crippen molar-refractivity contribution in [3.05, 3.63) is 23.8 Å². The molecule has 20 heavy (non-hydrogen) atoms. The molecule has 1 rings (SSSR count). The molecule has 1 aromatic carbocycles. The summed E-state index contributed by atoms with van der Waals surface area (Å²) in [5.74, 6) is 1.66. The number of guanidine groups is 1. The third-order valence-electron chi connectivity index (χ3n) is 2.95. The topological polar surface area (TPSA) is 89.1 Å². The van der Waals surface area contributed by atoms with Crippen molar-refractivity contribution in [2.24, 2.45) is 10.7 Å². The molecule has 1 aromatic rings. The molecule has 0 saturated carbocycles. The van der Waals surface area contributed by atoms with Crippen LogP contribution in [0.5, 0.6) is 11.5 Å². The molecule has 6 heteroatoms. The summed E-state index contributed by atoms with van der Waals surface area (Å²) in [6, 6.07) is 5.53. The fourth-order valence-corrected chi connectivity index (χ4v) is 1.69. The van der Waals surface area contributed by atoms with Gasteiger partial charge >= 0.3 is 0 Å². The number of methoxy groups -OCH3 is 2. The molecule has 0 aliphatic rings. The summed E-state index contributed by atoms with van der Waals surface area (Å²) >= 11 is 0. The quantitative estimate of drug-likeness (QED) is 0.510. The molecule has 0 spiro atoms. The van der Waals surface area contributed by atoms with E-state index in [0.717, 1.165) is 12.0 Å². The number of nitrogens with zero attached hydrogens (tertiary/aromatic N) is 1. The fourth-order valence-electron chi connectivity index (χ4n) is 1.69. The summed E-state index contributed by atoms with van der Waals surface area (Å²) < 4.78 is 10.4. The van der Waals surface area contributed by atoms with Gasteiger partial charge in [0.05, 0.1) is 33.4 Å². The molecular weight excluding hydrogens is 258 g/mol. The molecule has 6 nitrogen and oxygen atoms in total. The standard InChI is InChI=1S/C14H23N3O3/c1-4-11(9-18)17-14(15)16-8-10-5-6-12(19-2)13(7-10)20-3/h5-7,11,18H,4,8-9H2,1-3H3,(H3,15,16,17)/t11-/m1/s1. The van der Waals surface area contributed by atoms with Crippen LogP contribution in [0.15, 0.2) is 23.2 Å². The third-order valence-corrected chi connectivity index (χ3v) is 2.95. The molecule has 112 valence electrons. The second-order valence-corrected chi connectivity index (χ2v) is 4.32. The summed E-state index contributed by atoms with van der Waals surface area (Å²) in [7, 11) is 3.19. The van der Waals surface area contributed by atoms with Crippen molar-refractivity contribution in [3.63, 3.8) is 0 Å². The lowest BCUT2D eigenvalue weighted by Gasteiger charge is -2.14. The fraction of sp³-hybridized carbons (Fsp3) is 0.500. The molecular formula is C14H23N3O3. The van der Waals surface area contributed by atoms with Crippen molar-refractivity contribution in [1.82, 2.24) is 5.32 Å².